The second-order valence-electron chi connectivity index (χ2n) is 4.56. The van der Waals surface area contributed by atoms with Crippen LogP contribution in [0.2, 0.25) is 0 Å². The average molecular weight is 327 g/mol. The normalized spacial score (nSPS) is 14.9. The highest BCUT2D eigenvalue weighted by molar-refractivity contribution is 9.10. The Hall–Kier alpha value is -1.27. The van der Waals surface area contributed by atoms with Gasteiger partial charge in [0.25, 0.3) is 11.8 Å². The van der Waals surface area contributed by atoms with Crippen molar-refractivity contribution in [3.8, 4) is 0 Å². The summed E-state index contributed by atoms with van der Waals surface area (Å²) in [6.07, 6.45) is 0. The smallest absolute Gasteiger partial charge is 0.262 e. The number of nitrogens with zero attached hydrogens (tertiary/aromatic N) is 1. The van der Waals surface area contributed by atoms with Crippen LogP contribution < -0.4 is 5.73 Å². The lowest BCUT2D eigenvalue weighted by molar-refractivity contribution is 0.0562. The Balaban J connectivity index is 2.56. The second-order valence-corrected chi connectivity index (χ2v) is 5.91. The van der Waals surface area contributed by atoms with Crippen LogP contribution in [0.4, 0.5) is 0 Å². The van der Waals surface area contributed by atoms with Crippen molar-refractivity contribution in [2.75, 3.05) is 0 Å². The first-order valence-electron chi connectivity index (χ1n) is 5.25. The van der Waals surface area contributed by atoms with E-state index in [9.17, 15) is 9.59 Å². The lowest BCUT2D eigenvalue weighted by atomic mass is 10.0. The number of carbonyl (C=O) groups is 2. The number of amides is 2. The van der Waals surface area contributed by atoms with Gasteiger partial charge in [0.05, 0.1) is 21.7 Å². The number of halogens is 1. The molecule has 1 aliphatic heterocycles. The molecule has 2 N–H and O–H groups in total. The van der Waals surface area contributed by atoms with Crippen LogP contribution in [0.15, 0.2) is 22.7 Å². The van der Waals surface area contributed by atoms with Crippen molar-refractivity contribution in [1.82, 2.24) is 4.90 Å². The number of rotatable bonds is 2. The first-order chi connectivity index (χ1) is 8.26. The van der Waals surface area contributed by atoms with E-state index >= 15 is 0 Å². The van der Waals surface area contributed by atoms with Gasteiger partial charge in [0.15, 0.2) is 0 Å². The van der Waals surface area contributed by atoms with Gasteiger partial charge in [-0.25, -0.2) is 0 Å². The summed E-state index contributed by atoms with van der Waals surface area (Å²) < 4.78 is 0.748. The molecule has 0 saturated heterocycles. The van der Waals surface area contributed by atoms with Crippen molar-refractivity contribution in [3.63, 3.8) is 0 Å². The van der Waals surface area contributed by atoms with Crippen LogP contribution in [-0.2, 0) is 0 Å². The molecule has 6 heteroatoms. The molecule has 2 amide bonds. The van der Waals surface area contributed by atoms with Gasteiger partial charge in [-0.05, 0) is 32.0 Å². The van der Waals surface area contributed by atoms with E-state index in [1.54, 1.807) is 32.0 Å². The molecule has 0 bridgehead atoms. The average Bonchev–Trinajstić information content (AvgIpc) is 2.51. The predicted molar refractivity (Wildman–Crippen MR) is 75.5 cm³/mol. The maximum Gasteiger partial charge on any atom is 0.262 e. The molecule has 0 saturated carbocycles. The van der Waals surface area contributed by atoms with E-state index in [4.69, 9.17) is 18.0 Å². The molecule has 18 heavy (non-hydrogen) atoms. The maximum absolute atomic E-state index is 12.3. The Morgan fingerprint density at radius 2 is 1.83 bits per heavy atom. The minimum Gasteiger partial charge on any atom is -0.391 e. The SMILES string of the molecule is CC(C)(C(N)=S)N1C(=O)c2ccc(Br)cc2C1=O. The fourth-order valence-electron chi connectivity index (χ4n) is 1.83. The molecule has 1 heterocycles. The zero-order valence-corrected chi connectivity index (χ0v) is 12.3. The number of benzene rings is 1. The van der Waals surface area contributed by atoms with Crippen LogP contribution >= 0.6 is 28.1 Å². The number of carbonyl (C=O) groups excluding carboxylic acids is 2. The van der Waals surface area contributed by atoms with Crippen molar-refractivity contribution < 1.29 is 9.59 Å². The van der Waals surface area contributed by atoms with Crippen molar-refractivity contribution in [3.05, 3.63) is 33.8 Å². The number of nitrogens with two attached hydrogens (primary N) is 1. The molecule has 0 aliphatic carbocycles. The van der Waals surface area contributed by atoms with Crippen LogP contribution in [0.3, 0.4) is 0 Å². The van der Waals surface area contributed by atoms with E-state index in [1.807, 2.05) is 0 Å². The molecular weight excluding hydrogens is 316 g/mol. The Morgan fingerprint density at radius 1 is 1.28 bits per heavy atom. The number of hydrogen-bond donors (Lipinski definition) is 1. The molecule has 0 atom stereocenters. The molecule has 0 unspecified atom stereocenters. The molecule has 0 aromatic heterocycles. The monoisotopic (exact) mass is 326 g/mol. The molecular formula is C12H11BrN2O2S. The van der Waals surface area contributed by atoms with E-state index in [-0.39, 0.29) is 16.8 Å². The molecule has 2 rings (SSSR count). The predicted octanol–water partition coefficient (Wildman–Crippen LogP) is 2.11. The summed E-state index contributed by atoms with van der Waals surface area (Å²) in [5.41, 5.74) is 5.39. The molecule has 1 aromatic rings. The molecule has 1 aliphatic rings. The number of fused-ring (bicyclic) bond motifs is 1. The highest BCUT2D eigenvalue weighted by Gasteiger charge is 2.45. The van der Waals surface area contributed by atoms with E-state index in [0.717, 1.165) is 9.37 Å². The van der Waals surface area contributed by atoms with Gasteiger partial charge >= 0.3 is 0 Å². The molecule has 1 aromatic carbocycles. The standard InChI is InChI=1S/C12H11BrN2O2S/c1-12(2,11(14)18)15-9(16)7-4-3-6(13)5-8(7)10(15)17/h3-5H,1-2H3,(H2,14,18). The van der Waals surface area contributed by atoms with Gasteiger partial charge in [-0.1, -0.05) is 28.1 Å². The molecule has 4 nitrogen and oxygen atoms in total. The Morgan fingerprint density at radius 3 is 2.39 bits per heavy atom. The molecule has 94 valence electrons. The first kappa shape index (κ1) is 13.2. The fourth-order valence-corrected chi connectivity index (χ4v) is 2.28. The summed E-state index contributed by atoms with van der Waals surface area (Å²) in [6.45, 7) is 3.32. The van der Waals surface area contributed by atoms with Gasteiger partial charge < -0.3 is 5.73 Å². The van der Waals surface area contributed by atoms with E-state index in [1.165, 1.54) is 0 Å². The third-order valence-electron chi connectivity index (χ3n) is 3.01. The van der Waals surface area contributed by atoms with Crippen LogP contribution in [0.25, 0.3) is 0 Å². The maximum atomic E-state index is 12.3. The summed E-state index contributed by atoms with van der Waals surface area (Å²) in [6, 6.07) is 4.97. The summed E-state index contributed by atoms with van der Waals surface area (Å²) in [4.78, 5) is 25.7. The zero-order valence-electron chi connectivity index (χ0n) is 9.86. The van der Waals surface area contributed by atoms with Crippen molar-refractivity contribution in [1.29, 1.82) is 0 Å². The molecule has 0 spiro atoms. The van der Waals surface area contributed by atoms with Gasteiger partial charge in [0.2, 0.25) is 0 Å². The third kappa shape index (κ3) is 1.76. The minimum atomic E-state index is -0.977. The fraction of sp³-hybridized carbons (Fsp3) is 0.250. The molecule has 0 fully saturated rings. The van der Waals surface area contributed by atoms with Crippen LogP contribution in [0, 0.1) is 0 Å². The Bertz CT molecular complexity index is 583. The van der Waals surface area contributed by atoms with Gasteiger partial charge in [-0.2, -0.15) is 0 Å². The number of imide groups is 1. The minimum absolute atomic E-state index is 0.107. The first-order valence-corrected chi connectivity index (χ1v) is 6.45. The van der Waals surface area contributed by atoms with Crippen molar-refractivity contribution >= 4 is 45.0 Å². The van der Waals surface area contributed by atoms with Gasteiger partial charge in [0, 0.05) is 4.47 Å². The van der Waals surface area contributed by atoms with Crippen LogP contribution in [0.1, 0.15) is 34.6 Å². The largest absolute Gasteiger partial charge is 0.391 e. The number of thiocarbonyl (C=S) groups is 1. The van der Waals surface area contributed by atoms with Gasteiger partial charge in [-0.15, -0.1) is 0 Å². The summed E-state index contributed by atoms with van der Waals surface area (Å²) >= 11 is 8.21. The van der Waals surface area contributed by atoms with Gasteiger partial charge in [0.1, 0.15) is 0 Å². The topological polar surface area (TPSA) is 63.4 Å². The Kier molecular flexibility index (Phi) is 3.03. The highest BCUT2D eigenvalue weighted by Crippen LogP contribution is 2.31. The third-order valence-corrected chi connectivity index (χ3v) is 4.00. The Labute approximate surface area is 118 Å². The lowest BCUT2D eigenvalue weighted by Crippen LogP contribution is -2.54. The quantitative estimate of drug-likeness (QED) is 0.667. The summed E-state index contributed by atoms with van der Waals surface area (Å²) in [5.74, 6) is -0.727. The van der Waals surface area contributed by atoms with Crippen LogP contribution in [0.5, 0.6) is 0 Å². The molecule has 0 radical (unpaired) electrons. The van der Waals surface area contributed by atoms with E-state index in [0.29, 0.717) is 11.1 Å². The second kappa shape index (κ2) is 4.13. The summed E-state index contributed by atoms with van der Waals surface area (Å²) in [5, 5.41) is 0. The van der Waals surface area contributed by atoms with Gasteiger partial charge in [-0.3, -0.25) is 14.5 Å². The number of hydrogen-bond acceptors (Lipinski definition) is 3. The highest BCUT2D eigenvalue weighted by atomic mass is 79.9. The summed E-state index contributed by atoms with van der Waals surface area (Å²) in [7, 11) is 0. The van der Waals surface area contributed by atoms with Crippen molar-refractivity contribution in [2.24, 2.45) is 5.73 Å². The zero-order chi connectivity index (χ0) is 13.7. The van der Waals surface area contributed by atoms with E-state index in [2.05, 4.69) is 15.9 Å². The lowest BCUT2D eigenvalue weighted by Gasteiger charge is -2.32. The van der Waals surface area contributed by atoms with E-state index < -0.39 is 5.54 Å². The van der Waals surface area contributed by atoms with Crippen LogP contribution in [-0.4, -0.2) is 27.2 Å². The van der Waals surface area contributed by atoms with Crippen molar-refractivity contribution in [2.45, 2.75) is 19.4 Å².